The van der Waals surface area contributed by atoms with Crippen molar-refractivity contribution in [2.45, 2.75) is 65.0 Å². The Bertz CT molecular complexity index is 1060. The van der Waals surface area contributed by atoms with Gasteiger partial charge >= 0.3 is 6.09 Å². The second-order valence-electron chi connectivity index (χ2n) is 11.2. The Morgan fingerprint density at radius 2 is 1.63 bits per heavy atom. The van der Waals surface area contributed by atoms with E-state index in [9.17, 15) is 9.59 Å². The molecule has 188 valence electrons. The number of amides is 2. The third-order valence-electron chi connectivity index (χ3n) is 7.69. The van der Waals surface area contributed by atoms with Crippen molar-refractivity contribution < 1.29 is 14.3 Å². The number of nitrogens with zero attached hydrogens (tertiary/aromatic N) is 4. The molecule has 2 saturated heterocycles. The summed E-state index contributed by atoms with van der Waals surface area (Å²) in [6.45, 7) is 10.6. The largest absolute Gasteiger partial charge is 0.444 e. The van der Waals surface area contributed by atoms with Gasteiger partial charge < -0.3 is 19.4 Å². The molecule has 5 rings (SSSR count). The van der Waals surface area contributed by atoms with E-state index in [1.807, 2.05) is 44.1 Å². The third-order valence-corrected chi connectivity index (χ3v) is 8.92. The second kappa shape index (κ2) is 9.45. The molecule has 0 aliphatic carbocycles. The molecule has 0 N–H and O–H groups in total. The lowest BCUT2D eigenvalue weighted by Gasteiger charge is -2.47. The van der Waals surface area contributed by atoms with Gasteiger partial charge in [0.1, 0.15) is 5.60 Å². The Balaban J connectivity index is 1.16. The standard InChI is InChI=1S/C27H36N4O3S/c1-26(2,3)34-25(33)31-13-6-22-20(19-31)18-23(35-22)24(32)30-16-9-27(10-17-30)7-14-29(15-8-27)21-4-11-28-12-5-21/h4-5,11-12,18H,6-10,13-17,19H2,1-3H3. The fraction of sp³-hybridized carbons (Fsp3) is 0.593. The van der Waals surface area contributed by atoms with E-state index in [0.717, 1.165) is 55.9 Å². The number of rotatable bonds is 2. The van der Waals surface area contributed by atoms with Gasteiger partial charge in [-0.3, -0.25) is 9.78 Å². The first-order valence-electron chi connectivity index (χ1n) is 12.8. The van der Waals surface area contributed by atoms with Gasteiger partial charge in [-0.1, -0.05) is 0 Å². The number of aromatic nitrogens is 1. The van der Waals surface area contributed by atoms with Crippen molar-refractivity contribution in [2.24, 2.45) is 5.41 Å². The van der Waals surface area contributed by atoms with E-state index in [-0.39, 0.29) is 12.0 Å². The molecule has 2 aromatic heterocycles. The number of hydrogen-bond donors (Lipinski definition) is 0. The molecule has 0 aromatic carbocycles. The van der Waals surface area contributed by atoms with Gasteiger partial charge in [0.15, 0.2) is 0 Å². The van der Waals surface area contributed by atoms with Gasteiger partial charge in [0.25, 0.3) is 5.91 Å². The van der Waals surface area contributed by atoms with Gasteiger partial charge in [0, 0.05) is 55.7 Å². The molecule has 3 aliphatic heterocycles. The van der Waals surface area contributed by atoms with Crippen LogP contribution in [0.15, 0.2) is 30.6 Å². The summed E-state index contributed by atoms with van der Waals surface area (Å²) in [6.07, 6.45) is 8.77. The van der Waals surface area contributed by atoms with Crippen molar-refractivity contribution in [3.05, 3.63) is 45.9 Å². The van der Waals surface area contributed by atoms with E-state index in [0.29, 0.717) is 18.5 Å². The van der Waals surface area contributed by atoms with Crippen LogP contribution in [0, 0.1) is 5.41 Å². The first-order chi connectivity index (χ1) is 16.7. The van der Waals surface area contributed by atoms with Crippen molar-refractivity contribution in [3.63, 3.8) is 0 Å². The van der Waals surface area contributed by atoms with Crippen LogP contribution in [0.4, 0.5) is 10.5 Å². The Morgan fingerprint density at radius 3 is 2.29 bits per heavy atom. The summed E-state index contributed by atoms with van der Waals surface area (Å²) in [5, 5.41) is 0. The Morgan fingerprint density at radius 1 is 0.971 bits per heavy atom. The lowest BCUT2D eigenvalue weighted by Crippen LogP contribution is -2.48. The summed E-state index contributed by atoms with van der Waals surface area (Å²) < 4.78 is 5.54. The molecule has 35 heavy (non-hydrogen) atoms. The van der Waals surface area contributed by atoms with Crippen LogP contribution in [0.2, 0.25) is 0 Å². The van der Waals surface area contributed by atoms with E-state index in [4.69, 9.17) is 4.74 Å². The van der Waals surface area contributed by atoms with Crippen LogP contribution in [0.3, 0.4) is 0 Å². The van der Waals surface area contributed by atoms with Crippen LogP contribution < -0.4 is 4.90 Å². The van der Waals surface area contributed by atoms with E-state index >= 15 is 0 Å². The van der Waals surface area contributed by atoms with Gasteiger partial charge in [-0.05, 0) is 82.1 Å². The SMILES string of the molecule is CC(C)(C)OC(=O)N1CCc2sc(C(=O)N3CCC4(CC3)CCN(c3ccncc3)CC4)cc2C1. The maximum Gasteiger partial charge on any atom is 0.410 e. The summed E-state index contributed by atoms with van der Waals surface area (Å²) in [5.74, 6) is 0.150. The summed E-state index contributed by atoms with van der Waals surface area (Å²) >= 11 is 1.61. The monoisotopic (exact) mass is 496 g/mol. The number of likely N-dealkylation sites (tertiary alicyclic amines) is 1. The number of piperidine rings is 2. The lowest BCUT2D eigenvalue weighted by molar-refractivity contribution is 0.0225. The topological polar surface area (TPSA) is 66.0 Å². The maximum absolute atomic E-state index is 13.3. The second-order valence-corrected chi connectivity index (χ2v) is 12.3. The van der Waals surface area contributed by atoms with Gasteiger partial charge in [-0.15, -0.1) is 11.3 Å². The zero-order valence-corrected chi connectivity index (χ0v) is 21.9. The smallest absolute Gasteiger partial charge is 0.410 e. The lowest BCUT2D eigenvalue weighted by atomic mass is 9.71. The number of anilines is 1. The summed E-state index contributed by atoms with van der Waals surface area (Å²) in [4.78, 5) is 38.3. The van der Waals surface area contributed by atoms with E-state index in [1.54, 1.807) is 16.2 Å². The minimum absolute atomic E-state index is 0.150. The van der Waals surface area contributed by atoms with Crippen molar-refractivity contribution in [1.29, 1.82) is 0 Å². The molecule has 0 unspecified atom stereocenters. The van der Waals surface area contributed by atoms with Crippen molar-refractivity contribution in [1.82, 2.24) is 14.8 Å². The molecule has 7 nitrogen and oxygen atoms in total. The molecule has 5 heterocycles. The highest BCUT2D eigenvalue weighted by atomic mass is 32.1. The minimum atomic E-state index is -0.506. The quantitative estimate of drug-likeness (QED) is 0.588. The number of ether oxygens (including phenoxy) is 1. The van der Waals surface area contributed by atoms with Crippen molar-refractivity contribution in [3.8, 4) is 0 Å². The molecule has 2 fully saturated rings. The fourth-order valence-corrected chi connectivity index (χ4v) is 6.69. The number of pyridine rings is 1. The van der Waals surface area contributed by atoms with Crippen molar-refractivity contribution in [2.75, 3.05) is 37.6 Å². The summed E-state index contributed by atoms with van der Waals surface area (Å²) in [7, 11) is 0. The number of carbonyl (C=O) groups excluding carboxylic acids is 2. The maximum atomic E-state index is 13.3. The third kappa shape index (κ3) is 5.32. The van der Waals surface area contributed by atoms with Crippen LogP contribution in [-0.2, 0) is 17.7 Å². The van der Waals surface area contributed by atoms with Gasteiger partial charge in [0.05, 0.1) is 11.4 Å². The van der Waals surface area contributed by atoms with Crippen LogP contribution in [0.1, 0.15) is 66.6 Å². The molecule has 3 aliphatic rings. The molecular formula is C27H36N4O3S. The van der Waals surface area contributed by atoms with Crippen molar-refractivity contribution >= 4 is 29.0 Å². The molecule has 8 heteroatoms. The molecule has 0 radical (unpaired) electrons. The first kappa shape index (κ1) is 24.1. The van der Waals surface area contributed by atoms with Gasteiger partial charge in [-0.2, -0.15) is 0 Å². The first-order valence-corrected chi connectivity index (χ1v) is 13.6. The number of thiophene rings is 1. The normalized spacial score (nSPS) is 20.0. The van der Waals surface area contributed by atoms with E-state index in [1.165, 1.54) is 23.4 Å². The molecule has 2 amide bonds. The Labute approximate surface area is 212 Å². The van der Waals surface area contributed by atoms with Gasteiger partial charge in [-0.25, -0.2) is 4.79 Å². The summed E-state index contributed by atoms with van der Waals surface area (Å²) in [5.41, 5.74) is 2.21. The highest BCUT2D eigenvalue weighted by molar-refractivity contribution is 7.14. The minimum Gasteiger partial charge on any atom is -0.444 e. The zero-order chi connectivity index (χ0) is 24.6. The summed E-state index contributed by atoms with van der Waals surface area (Å²) in [6, 6.07) is 6.19. The van der Waals surface area contributed by atoms with Crippen LogP contribution >= 0.6 is 11.3 Å². The molecule has 0 bridgehead atoms. The Kier molecular flexibility index (Phi) is 6.51. The zero-order valence-electron chi connectivity index (χ0n) is 21.1. The number of hydrogen-bond acceptors (Lipinski definition) is 6. The van der Waals surface area contributed by atoms with E-state index in [2.05, 4.69) is 22.0 Å². The highest BCUT2D eigenvalue weighted by Gasteiger charge is 2.39. The van der Waals surface area contributed by atoms with Gasteiger partial charge in [0.2, 0.25) is 0 Å². The molecular weight excluding hydrogens is 460 g/mol. The van der Waals surface area contributed by atoms with E-state index < -0.39 is 5.60 Å². The molecule has 0 atom stereocenters. The predicted octanol–water partition coefficient (Wildman–Crippen LogP) is 4.96. The Hall–Kier alpha value is -2.61. The number of carbonyl (C=O) groups is 2. The number of fused-ring (bicyclic) bond motifs is 1. The predicted molar refractivity (Wildman–Crippen MR) is 138 cm³/mol. The van der Waals surface area contributed by atoms with Crippen LogP contribution in [0.5, 0.6) is 0 Å². The fourth-order valence-electron chi connectivity index (χ4n) is 5.55. The molecule has 1 spiro atoms. The van der Waals surface area contributed by atoms with Crippen LogP contribution in [-0.4, -0.2) is 65.1 Å². The molecule has 0 saturated carbocycles. The average Bonchev–Trinajstić information content (AvgIpc) is 3.28. The average molecular weight is 497 g/mol. The molecule has 2 aromatic rings. The van der Waals surface area contributed by atoms with Crippen LogP contribution in [0.25, 0.3) is 0 Å². The highest BCUT2D eigenvalue weighted by Crippen LogP contribution is 2.42.